The Balaban J connectivity index is 1.99. The third-order valence-corrected chi connectivity index (χ3v) is 3.57. The van der Waals surface area contributed by atoms with Gasteiger partial charge < -0.3 is 15.2 Å². The molecule has 2 N–H and O–H groups in total. The molecule has 0 bridgehead atoms. The molecule has 0 aliphatic carbocycles. The Morgan fingerprint density at radius 1 is 1.08 bits per heavy atom. The molecule has 2 rings (SSSR count). The Morgan fingerprint density at radius 3 is 2.46 bits per heavy atom. The van der Waals surface area contributed by atoms with Crippen LogP contribution in [0.5, 0.6) is 5.75 Å². The van der Waals surface area contributed by atoms with Gasteiger partial charge >= 0.3 is 5.97 Å². The molecule has 0 saturated carbocycles. The van der Waals surface area contributed by atoms with Crippen LogP contribution in [-0.4, -0.2) is 23.0 Å². The molecule has 0 aliphatic rings. The van der Waals surface area contributed by atoms with E-state index in [1.165, 1.54) is 0 Å². The predicted molar refractivity (Wildman–Crippen MR) is 91.0 cm³/mol. The molecule has 1 atom stereocenters. The van der Waals surface area contributed by atoms with E-state index in [1.54, 1.807) is 19.1 Å². The number of carbonyl (C=O) groups is 2. The number of carboxylic acid groups (broad SMARTS) is 1. The maximum atomic E-state index is 12.4. The number of carboxylic acids is 1. The van der Waals surface area contributed by atoms with Crippen molar-refractivity contribution >= 4 is 11.9 Å². The number of aliphatic carboxylic acids is 1. The Labute approximate surface area is 141 Å². The van der Waals surface area contributed by atoms with Gasteiger partial charge in [0.15, 0.2) is 0 Å². The molecule has 2 aromatic rings. The summed E-state index contributed by atoms with van der Waals surface area (Å²) in [6, 6.07) is 16.4. The van der Waals surface area contributed by atoms with Gasteiger partial charge in [0.2, 0.25) is 0 Å². The zero-order chi connectivity index (χ0) is 17.4. The average Bonchev–Trinajstić information content (AvgIpc) is 2.59. The van der Waals surface area contributed by atoms with Crippen LogP contribution in [0.15, 0.2) is 54.6 Å². The smallest absolute Gasteiger partial charge is 0.303 e. The van der Waals surface area contributed by atoms with E-state index in [9.17, 15) is 9.59 Å². The minimum absolute atomic E-state index is 0.0280. The number of amides is 1. The van der Waals surface area contributed by atoms with Gasteiger partial charge in [0.05, 0.1) is 0 Å². The number of nitrogens with one attached hydrogen (secondary N) is 1. The number of carbonyl (C=O) groups excluding carboxylic acids is 1. The molecule has 0 fully saturated rings. The zero-order valence-corrected chi connectivity index (χ0v) is 13.6. The van der Waals surface area contributed by atoms with Crippen molar-refractivity contribution in [3.8, 4) is 5.75 Å². The van der Waals surface area contributed by atoms with Gasteiger partial charge in [-0.25, -0.2) is 0 Å². The topological polar surface area (TPSA) is 75.6 Å². The highest BCUT2D eigenvalue weighted by molar-refractivity contribution is 5.95. The third-order valence-electron chi connectivity index (χ3n) is 3.57. The van der Waals surface area contributed by atoms with E-state index >= 15 is 0 Å². The van der Waals surface area contributed by atoms with Gasteiger partial charge in [-0.2, -0.15) is 0 Å². The molecule has 0 spiro atoms. The highest BCUT2D eigenvalue weighted by atomic mass is 16.5. The number of ether oxygens (including phenoxy) is 1. The van der Waals surface area contributed by atoms with Gasteiger partial charge in [-0.1, -0.05) is 36.4 Å². The number of hydrogen-bond acceptors (Lipinski definition) is 3. The van der Waals surface area contributed by atoms with Gasteiger partial charge in [-0.3, -0.25) is 9.59 Å². The second-order valence-electron chi connectivity index (χ2n) is 5.57. The lowest BCUT2D eigenvalue weighted by Crippen LogP contribution is -2.33. The minimum atomic E-state index is -0.868. The van der Waals surface area contributed by atoms with Crippen LogP contribution in [-0.2, 0) is 11.4 Å². The van der Waals surface area contributed by atoms with E-state index in [4.69, 9.17) is 9.84 Å². The van der Waals surface area contributed by atoms with Crippen LogP contribution < -0.4 is 10.1 Å². The van der Waals surface area contributed by atoms with Crippen molar-refractivity contribution in [3.05, 3.63) is 65.7 Å². The van der Waals surface area contributed by atoms with Crippen LogP contribution >= 0.6 is 0 Å². The molecule has 24 heavy (non-hydrogen) atoms. The molecule has 5 heteroatoms. The number of rotatable bonds is 8. The predicted octanol–water partition coefficient (Wildman–Crippen LogP) is 3.25. The summed E-state index contributed by atoms with van der Waals surface area (Å²) in [5.74, 6) is -0.351. The first-order chi connectivity index (χ1) is 11.6. The molecule has 0 aliphatic heterocycles. The quantitative estimate of drug-likeness (QED) is 0.780. The SMILES string of the molecule is CC(CCC(=O)O)NC(=O)c1ccccc1COc1ccccc1. The van der Waals surface area contributed by atoms with Crippen molar-refractivity contribution in [3.63, 3.8) is 0 Å². The molecule has 1 unspecified atom stereocenters. The van der Waals surface area contributed by atoms with Crippen molar-refractivity contribution in [2.24, 2.45) is 0 Å². The second kappa shape index (κ2) is 8.72. The van der Waals surface area contributed by atoms with Crippen LogP contribution in [0.3, 0.4) is 0 Å². The molecular formula is C19H21NO4. The first-order valence-electron chi connectivity index (χ1n) is 7.84. The van der Waals surface area contributed by atoms with Gasteiger partial charge in [0, 0.05) is 23.6 Å². The van der Waals surface area contributed by atoms with Crippen molar-refractivity contribution in [1.82, 2.24) is 5.32 Å². The van der Waals surface area contributed by atoms with Gasteiger partial charge in [-0.05, 0) is 31.5 Å². The standard InChI is InChI=1S/C19H21NO4/c1-14(11-12-18(21)22)20-19(23)17-10-6-5-7-15(17)13-24-16-8-3-2-4-9-16/h2-10,14H,11-13H2,1H3,(H,20,23)(H,21,22). The monoisotopic (exact) mass is 327 g/mol. The molecule has 0 aromatic heterocycles. The van der Waals surface area contributed by atoms with E-state index in [0.717, 1.165) is 11.3 Å². The summed E-state index contributed by atoms with van der Waals surface area (Å²) < 4.78 is 5.71. The lowest BCUT2D eigenvalue weighted by molar-refractivity contribution is -0.137. The van der Waals surface area contributed by atoms with E-state index in [2.05, 4.69) is 5.32 Å². The molecule has 0 heterocycles. The van der Waals surface area contributed by atoms with Gasteiger partial charge in [0.1, 0.15) is 12.4 Å². The average molecular weight is 327 g/mol. The van der Waals surface area contributed by atoms with E-state index in [-0.39, 0.29) is 25.0 Å². The van der Waals surface area contributed by atoms with Crippen LogP contribution in [0.1, 0.15) is 35.7 Å². The first-order valence-corrected chi connectivity index (χ1v) is 7.84. The summed E-state index contributed by atoms with van der Waals surface area (Å²) in [7, 11) is 0. The number of para-hydroxylation sites is 1. The van der Waals surface area contributed by atoms with Crippen molar-refractivity contribution in [2.45, 2.75) is 32.4 Å². The number of benzene rings is 2. The first kappa shape index (κ1) is 17.5. The Kier molecular flexibility index (Phi) is 6.37. The number of hydrogen-bond donors (Lipinski definition) is 2. The molecule has 0 radical (unpaired) electrons. The van der Waals surface area contributed by atoms with Crippen molar-refractivity contribution in [1.29, 1.82) is 0 Å². The summed E-state index contributed by atoms with van der Waals surface area (Å²) in [5.41, 5.74) is 1.32. The largest absolute Gasteiger partial charge is 0.489 e. The summed E-state index contributed by atoms with van der Waals surface area (Å²) >= 11 is 0. The summed E-state index contributed by atoms with van der Waals surface area (Å²) in [6.45, 7) is 2.08. The lowest BCUT2D eigenvalue weighted by atomic mass is 10.1. The highest BCUT2D eigenvalue weighted by Gasteiger charge is 2.14. The van der Waals surface area contributed by atoms with Crippen LogP contribution in [0, 0.1) is 0 Å². The third kappa shape index (κ3) is 5.43. The molecule has 5 nitrogen and oxygen atoms in total. The van der Waals surface area contributed by atoms with Crippen molar-refractivity contribution < 1.29 is 19.4 Å². The Hall–Kier alpha value is -2.82. The van der Waals surface area contributed by atoms with Gasteiger partial charge in [0.25, 0.3) is 5.91 Å². The maximum absolute atomic E-state index is 12.4. The Bertz CT molecular complexity index is 685. The van der Waals surface area contributed by atoms with E-state index in [0.29, 0.717) is 12.0 Å². The van der Waals surface area contributed by atoms with E-state index in [1.807, 2.05) is 42.5 Å². The fraction of sp³-hybridized carbons (Fsp3) is 0.263. The fourth-order valence-electron chi connectivity index (χ4n) is 2.26. The lowest BCUT2D eigenvalue weighted by Gasteiger charge is -2.15. The van der Waals surface area contributed by atoms with Crippen LogP contribution in [0.2, 0.25) is 0 Å². The van der Waals surface area contributed by atoms with Crippen molar-refractivity contribution in [2.75, 3.05) is 0 Å². The molecule has 126 valence electrons. The Morgan fingerprint density at radius 2 is 1.75 bits per heavy atom. The summed E-state index contributed by atoms with van der Waals surface area (Å²) in [6.07, 6.45) is 0.421. The zero-order valence-electron chi connectivity index (χ0n) is 13.6. The molecule has 1 amide bonds. The highest BCUT2D eigenvalue weighted by Crippen LogP contribution is 2.15. The molecule has 2 aromatic carbocycles. The van der Waals surface area contributed by atoms with Gasteiger partial charge in [-0.15, -0.1) is 0 Å². The van der Waals surface area contributed by atoms with Crippen LogP contribution in [0.4, 0.5) is 0 Å². The second-order valence-corrected chi connectivity index (χ2v) is 5.57. The maximum Gasteiger partial charge on any atom is 0.303 e. The summed E-state index contributed by atoms with van der Waals surface area (Å²) in [4.78, 5) is 23.0. The summed E-state index contributed by atoms with van der Waals surface area (Å²) in [5, 5.41) is 11.5. The fourth-order valence-corrected chi connectivity index (χ4v) is 2.26. The molecule has 0 saturated heterocycles. The minimum Gasteiger partial charge on any atom is -0.489 e. The molecular weight excluding hydrogens is 306 g/mol. The van der Waals surface area contributed by atoms with Crippen LogP contribution in [0.25, 0.3) is 0 Å². The normalized spacial score (nSPS) is 11.5. The van der Waals surface area contributed by atoms with E-state index < -0.39 is 5.97 Å².